The molecule has 2 aromatic carbocycles. The zero-order chi connectivity index (χ0) is 19.2. The number of nitrogens with zero attached hydrogens (tertiary/aromatic N) is 2. The zero-order valence-corrected chi connectivity index (χ0v) is 16.2. The lowest BCUT2D eigenvalue weighted by Gasteiger charge is -2.14. The van der Waals surface area contributed by atoms with Gasteiger partial charge >= 0.3 is 0 Å². The summed E-state index contributed by atoms with van der Waals surface area (Å²) in [6, 6.07) is 13.5. The van der Waals surface area contributed by atoms with E-state index in [4.69, 9.17) is 21.1 Å². The average molecular weight is 385 g/mol. The molecule has 1 aromatic heterocycles. The molecule has 2 N–H and O–H groups in total. The number of methoxy groups -OCH3 is 2. The molecule has 0 aliphatic rings. The second kappa shape index (κ2) is 8.60. The Morgan fingerprint density at radius 2 is 1.85 bits per heavy atom. The number of anilines is 3. The first-order chi connectivity index (χ1) is 13.1. The molecule has 0 saturated carbocycles. The third kappa shape index (κ3) is 4.80. The van der Waals surface area contributed by atoms with Gasteiger partial charge in [-0.15, -0.1) is 0 Å². The Balaban J connectivity index is 1.76. The number of halogens is 1. The Labute approximate surface area is 163 Å². The Hall–Kier alpha value is -2.99. The fourth-order valence-corrected chi connectivity index (χ4v) is 2.84. The molecule has 0 saturated heterocycles. The standard InChI is InChI=1S/C20H21ClN4O2/c1-13-5-4-6-14(9-13)12-23-20-22-8-7-19(25-20)24-16-11-17(26-2)15(21)10-18(16)27-3/h4-11H,12H2,1-3H3,(H2,22,23,24,25). The number of rotatable bonds is 7. The summed E-state index contributed by atoms with van der Waals surface area (Å²) in [5.74, 6) is 2.29. The van der Waals surface area contributed by atoms with Crippen LogP contribution >= 0.6 is 11.6 Å². The van der Waals surface area contributed by atoms with Crippen molar-refractivity contribution in [3.05, 3.63) is 64.8 Å². The van der Waals surface area contributed by atoms with Crippen LogP contribution in [0, 0.1) is 6.92 Å². The van der Waals surface area contributed by atoms with Gasteiger partial charge in [0.15, 0.2) is 0 Å². The van der Waals surface area contributed by atoms with E-state index in [0.717, 1.165) is 0 Å². The van der Waals surface area contributed by atoms with Gasteiger partial charge in [0.25, 0.3) is 0 Å². The minimum absolute atomic E-state index is 0.475. The van der Waals surface area contributed by atoms with Gasteiger partial charge in [-0.05, 0) is 18.6 Å². The predicted octanol–water partition coefficient (Wildman–Crippen LogP) is 4.81. The van der Waals surface area contributed by atoms with Crippen LogP contribution in [-0.4, -0.2) is 24.2 Å². The molecule has 0 aliphatic heterocycles. The van der Waals surface area contributed by atoms with E-state index in [1.807, 2.05) is 6.07 Å². The highest BCUT2D eigenvalue weighted by molar-refractivity contribution is 6.32. The van der Waals surface area contributed by atoms with Crippen molar-refractivity contribution in [2.24, 2.45) is 0 Å². The van der Waals surface area contributed by atoms with Crippen molar-refractivity contribution in [2.45, 2.75) is 13.5 Å². The molecule has 0 amide bonds. The lowest BCUT2D eigenvalue weighted by Crippen LogP contribution is -2.05. The number of aromatic nitrogens is 2. The highest BCUT2D eigenvalue weighted by atomic mass is 35.5. The monoisotopic (exact) mass is 384 g/mol. The van der Waals surface area contributed by atoms with Crippen LogP contribution in [0.4, 0.5) is 17.5 Å². The molecule has 0 aliphatic carbocycles. The summed E-state index contributed by atoms with van der Waals surface area (Å²) in [6.45, 7) is 2.71. The molecule has 0 spiro atoms. The molecular formula is C20H21ClN4O2. The number of nitrogens with one attached hydrogen (secondary N) is 2. The summed E-state index contributed by atoms with van der Waals surface area (Å²) in [4.78, 5) is 8.77. The van der Waals surface area contributed by atoms with Gasteiger partial charge in [0, 0.05) is 24.9 Å². The lowest BCUT2D eigenvalue weighted by molar-refractivity contribution is 0.405. The van der Waals surface area contributed by atoms with Gasteiger partial charge in [0.1, 0.15) is 17.3 Å². The fraction of sp³-hybridized carbons (Fsp3) is 0.200. The van der Waals surface area contributed by atoms with Gasteiger partial charge in [-0.2, -0.15) is 4.98 Å². The van der Waals surface area contributed by atoms with Crippen LogP contribution in [0.25, 0.3) is 0 Å². The van der Waals surface area contributed by atoms with Crippen LogP contribution in [-0.2, 0) is 6.54 Å². The van der Waals surface area contributed by atoms with Gasteiger partial charge in [-0.3, -0.25) is 0 Å². The zero-order valence-electron chi connectivity index (χ0n) is 15.4. The van der Waals surface area contributed by atoms with Crippen LogP contribution in [0.3, 0.4) is 0 Å². The summed E-state index contributed by atoms with van der Waals surface area (Å²) >= 11 is 6.15. The van der Waals surface area contributed by atoms with Gasteiger partial charge in [-0.25, -0.2) is 4.98 Å². The van der Waals surface area contributed by atoms with E-state index >= 15 is 0 Å². The number of aryl methyl sites for hydroxylation is 1. The maximum absolute atomic E-state index is 6.15. The van der Waals surface area contributed by atoms with Crippen LogP contribution in [0.15, 0.2) is 48.7 Å². The fourth-order valence-electron chi connectivity index (χ4n) is 2.61. The van der Waals surface area contributed by atoms with Crippen molar-refractivity contribution < 1.29 is 9.47 Å². The van der Waals surface area contributed by atoms with Crippen LogP contribution in [0.2, 0.25) is 5.02 Å². The Morgan fingerprint density at radius 3 is 2.59 bits per heavy atom. The Bertz CT molecular complexity index is 934. The van der Waals surface area contributed by atoms with Gasteiger partial charge in [0.05, 0.1) is 24.9 Å². The topological polar surface area (TPSA) is 68.3 Å². The quantitative estimate of drug-likeness (QED) is 0.609. The molecule has 6 nitrogen and oxygen atoms in total. The maximum Gasteiger partial charge on any atom is 0.224 e. The molecule has 140 valence electrons. The highest BCUT2D eigenvalue weighted by Crippen LogP contribution is 2.37. The van der Waals surface area contributed by atoms with Crippen molar-refractivity contribution in [2.75, 3.05) is 24.9 Å². The first-order valence-electron chi connectivity index (χ1n) is 8.40. The Morgan fingerprint density at radius 1 is 1.04 bits per heavy atom. The number of ether oxygens (including phenoxy) is 2. The van der Waals surface area contributed by atoms with E-state index in [2.05, 4.69) is 45.7 Å². The van der Waals surface area contributed by atoms with Crippen molar-refractivity contribution in [3.8, 4) is 11.5 Å². The third-order valence-electron chi connectivity index (χ3n) is 3.93. The van der Waals surface area contributed by atoms with E-state index in [9.17, 15) is 0 Å². The van der Waals surface area contributed by atoms with Gasteiger partial charge in [0.2, 0.25) is 5.95 Å². The second-order valence-electron chi connectivity index (χ2n) is 5.92. The van der Waals surface area contributed by atoms with Crippen molar-refractivity contribution in [1.82, 2.24) is 9.97 Å². The molecule has 0 atom stereocenters. The summed E-state index contributed by atoms with van der Waals surface area (Å²) < 4.78 is 10.7. The van der Waals surface area contributed by atoms with Crippen molar-refractivity contribution in [1.29, 1.82) is 0 Å². The smallest absolute Gasteiger partial charge is 0.224 e. The maximum atomic E-state index is 6.15. The van der Waals surface area contributed by atoms with Crippen LogP contribution in [0.1, 0.15) is 11.1 Å². The van der Waals surface area contributed by atoms with E-state index < -0.39 is 0 Å². The lowest BCUT2D eigenvalue weighted by atomic mass is 10.1. The minimum Gasteiger partial charge on any atom is -0.495 e. The van der Waals surface area contributed by atoms with Crippen LogP contribution < -0.4 is 20.1 Å². The van der Waals surface area contributed by atoms with Crippen molar-refractivity contribution >= 4 is 29.1 Å². The van der Waals surface area contributed by atoms with Crippen molar-refractivity contribution in [3.63, 3.8) is 0 Å². The molecule has 0 radical (unpaired) electrons. The highest BCUT2D eigenvalue weighted by Gasteiger charge is 2.11. The average Bonchev–Trinajstić information content (AvgIpc) is 2.68. The minimum atomic E-state index is 0.475. The van der Waals surface area contributed by atoms with Gasteiger partial charge < -0.3 is 20.1 Å². The molecule has 3 rings (SSSR count). The molecule has 27 heavy (non-hydrogen) atoms. The molecular weight excluding hydrogens is 364 g/mol. The number of hydrogen-bond acceptors (Lipinski definition) is 6. The largest absolute Gasteiger partial charge is 0.495 e. The predicted molar refractivity (Wildman–Crippen MR) is 108 cm³/mol. The summed E-state index contributed by atoms with van der Waals surface area (Å²) in [7, 11) is 3.15. The SMILES string of the molecule is COc1cc(Nc2ccnc(NCc3cccc(C)c3)n2)c(OC)cc1Cl. The molecule has 1 heterocycles. The molecule has 0 fully saturated rings. The molecule has 0 unspecified atom stereocenters. The molecule has 3 aromatic rings. The summed E-state index contributed by atoms with van der Waals surface area (Å²) in [5, 5.41) is 6.93. The first-order valence-corrected chi connectivity index (χ1v) is 8.78. The second-order valence-corrected chi connectivity index (χ2v) is 6.33. The van der Waals surface area contributed by atoms with E-state index in [1.54, 1.807) is 38.6 Å². The van der Waals surface area contributed by atoms with Crippen LogP contribution in [0.5, 0.6) is 11.5 Å². The number of hydrogen-bond donors (Lipinski definition) is 2. The summed E-state index contributed by atoms with van der Waals surface area (Å²) in [6.07, 6.45) is 1.69. The first kappa shape index (κ1) is 18.8. The van der Waals surface area contributed by atoms with Gasteiger partial charge in [-0.1, -0.05) is 41.4 Å². The molecule has 0 bridgehead atoms. The third-order valence-corrected chi connectivity index (χ3v) is 4.22. The number of benzene rings is 2. The van der Waals surface area contributed by atoms with E-state index in [0.29, 0.717) is 40.5 Å². The normalized spacial score (nSPS) is 10.4. The Kier molecular flexibility index (Phi) is 5.98. The summed E-state index contributed by atoms with van der Waals surface area (Å²) in [5.41, 5.74) is 3.08. The van der Waals surface area contributed by atoms with E-state index in [1.165, 1.54) is 11.1 Å². The molecule has 7 heteroatoms. The van der Waals surface area contributed by atoms with E-state index in [-0.39, 0.29) is 0 Å².